The zero-order chi connectivity index (χ0) is 21.1. The highest BCUT2D eigenvalue weighted by atomic mass is 32.2. The van der Waals surface area contributed by atoms with Gasteiger partial charge in [-0.25, -0.2) is 18.4 Å². The predicted molar refractivity (Wildman–Crippen MR) is 104 cm³/mol. The van der Waals surface area contributed by atoms with Gasteiger partial charge in [-0.2, -0.15) is 0 Å². The van der Waals surface area contributed by atoms with Gasteiger partial charge in [-0.3, -0.25) is 4.79 Å². The van der Waals surface area contributed by atoms with Crippen LogP contribution in [-0.2, 0) is 19.6 Å². The van der Waals surface area contributed by atoms with E-state index in [0.717, 1.165) is 22.8 Å². The van der Waals surface area contributed by atoms with Gasteiger partial charge >= 0.3 is 5.97 Å². The first-order valence-electron chi connectivity index (χ1n) is 8.28. The molecular weight excluding hydrogens is 384 g/mol. The number of methoxy groups -OCH3 is 1. The van der Waals surface area contributed by atoms with Crippen molar-refractivity contribution in [2.45, 2.75) is 25.7 Å². The number of carbonyl (C=O) groups is 2. The van der Waals surface area contributed by atoms with Crippen molar-refractivity contribution < 1.29 is 27.5 Å². The number of hydrogen-bond acceptors (Lipinski definition) is 6. The molecule has 2 rings (SSSR count). The number of sulfonamides is 1. The maximum atomic E-state index is 12.3. The number of anilines is 1. The van der Waals surface area contributed by atoms with Gasteiger partial charge in [-0.05, 0) is 50.1 Å². The Kier molecular flexibility index (Phi) is 6.42. The quantitative estimate of drug-likeness (QED) is 0.708. The second-order valence-electron chi connectivity index (χ2n) is 6.31. The molecule has 0 unspecified atom stereocenters. The van der Waals surface area contributed by atoms with E-state index in [4.69, 9.17) is 14.6 Å². The zero-order valence-corrected chi connectivity index (χ0v) is 16.8. The molecule has 0 aromatic heterocycles. The van der Waals surface area contributed by atoms with Crippen molar-refractivity contribution >= 4 is 27.6 Å². The molecule has 0 saturated carbocycles. The third kappa shape index (κ3) is 5.08. The molecule has 28 heavy (non-hydrogen) atoms. The van der Waals surface area contributed by atoms with E-state index in [1.807, 2.05) is 32.9 Å². The molecule has 0 aliphatic rings. The molecule has 9 heteroatoms. The fourth-order valence-corrected chi connectivity index (χ4v) is 3.32. The van der Waals surface area contributed by atoms with Gasteiger partial charge in [0.2, 0.25) is 10.0 Å². The number of ether oxygens (including phenoxy) is 2. The van der Waals surface area contributed by atoms with E-state index in [-0.39, 0.29) is 16.2 Å². The van der Waals surface area contributed by atoms with Crippen LogP contribution in [0.15, 0.2) is 35.2 Å². The van der Waals surface area contributed by atoms with Crippen molar-refractivity contribution in [3.8, 4) is 5.75 Å². The number of primary sulfonamides is 1. The molecular formula is C19H22N2O6S. The van der Waals surface area contributed by atoms with E-state index in [0.29, 0.717) is 5.69 Å². The van der Waals surface area contributed by atoms with Crippen LogP contribution in [0.5, 0.6) is 5.75 Å². The molecule has 0 saturated heterocycles. The Morgan fingerprint density at radius 3 is 2.21 bits per heavy atom. The van der Waals surface area contributed by atoms with Gasteiger partial charge in [0, 0.05) is 5.69 Å². The lowest BCUT2D eigenvalue weighted by molar-refractivity contribution is -0.119. The third-order valence-electron chi connectivity index (χ3n) is 4.00. The molecule has 0 fully saturated rings. The molecule has 150 valence electrons. The van der Waals surface area contributed by atoms with Gasteiger partial charge in [0.15, 0.2) is 6.61 Å². The van der Waals surface area contributed by atoms with Crippen molar-refractivity contribution in [1.82, 2.24) is 0 Å². The minimum Gasteiger partial charge on any atom is -0.496 e. The Morgan fingerprint density at radius 1 is 1.07 bits per heavy atom. The summed E-state index contributed by atoms with van der Waals surface area (Å²) in [6.07, 6.45) is 0. The van der Waals surface area contributed by atoms with Gasteiger partial charge in [-0.15, -0.1) is 0 Å². The van der Waals surface area contributed by atoms with Crippen LogP contribution in [0.4, 0.5) is 5.69 Å². The van der Waals surface area contributed by atoms with E-state index in [9.17, 15) is 18.0 Å². The van der Waals surface area contributed by atoms with Crippen LogP contribution < -0.4 is 15.2 Å². The number of benzene rings is 2. The fourth-order valence-electron chi connectivity index (χ4n) is 2.79. The van der Waals surface area contributed by atoms with Crippen molar-refractivity contribution in [1.29, 1.82) is 0 Å². The van der Waals surface area contributed by atoms with Crippen LogP contribution in [0.3, 0.4) is 0 Å². The van der Waals surface area contributed by atoms with Crippen LogP contribution >= 0.6 is 0 Å². The maximum Gasteiger partial charge on any atom is 0.342 e. The average molecular weight is 406 g/mol. The van der Waals surface area contributed by atoms with Gasteiger partial charge in [0.25, 0.3) is 5.91 Å². The summed E-state index contributed by atoms with van der Waals surface area (Å²) in [5, 5.41) is 7.79. The van der Waals surface area contributed by atoms with Gasteiger partial charge in [0.1, 0.15) is 11.3 Å². The molecule has 2 aromatic rings. The van der Waals surface area contributed by atoms with Crippen molar-refractivity contribution in [3.63, 3.8) is 0 Å². The highest BCUT2D eigenvalue weighted by Gasteiger charge is 2.19. The number of aryl methyl sites for hydroxylation is 3. The van der Waals surface area contributed by atoms with Crippen LogP contribution in [0.25, 0.3) is 0 Å². The molecule has 0 atom stereocenters. The Bertz CT molecular complexity index is 1010. The van der Waals surface area contributed by atoms with Gasteiger partial charge in [0.05, 0.1) is 12.0 Å². The van der Waals surface area contributed by atoms with Crippen LogP contribution in [0.1, 0.15) is 27.0 Å². The molecule has 0 radical (unpaired) electrons. The number of nitrogens with one attached hydrogen (secondary N) is 1. The first-order valence-corrected chi connectivity index (χ1v) is 9.83. The summed E-state index contributed by atoms with van der Waals surface area (Å²) >= 11 is 0. The van der Waals surface area contributed by atoms with Gasteiger partial charge in [-0.1, -0.05) is 17.7 Å². The molecule has 0 aliphatic heterocycles. The van der Waals surface area contributed by atoms with Crippen molar-refractivity contribution in [2.75, 3.05) is 19.0 Å². The minimum absolute atomic E-state index is 0.100. The lowest BCUT2D eigenvalue weighted by Gasteiger charge is -2.13. The monoisotopic (exact) mass is 406 g/mol. The number of nitrogens with two attached hydrogens (primary N) is 1. The third-order valence-corrected chi connectivity index (χ3v) is 4.91. The lowest BCUT2D eigenvalue weighted by Crippen LogP contribution is -2.22. The largest absolute Gasteiger partial charge is 0.496 e. The first kappa shape index (κ1) is 21.4. The molecule has 2 aromatic carbocycles. The number of carbonyl (C=O) groups excluding carboxylic acids is 2. The lowest BCUT2D eigenvalue weighted by atomic mass is 10.1. The summed E-state index contributed by atoms with van der Waals surface area (Å²) in [4.78, 5) is 24.2. The predicted octanol–water partition coefficient (Wildman–Crippen LogP) is 2.06. The molecule has 0 heterocycles. The van der Waals surface area contributed by atoms with Crippen molar-refractivity contribution in [3.05, 3.63) is 52.6 Å². The van der Waals surface area contributed by atoms with Crippen LogP contribution in [0, 0.1) is 20.8 Å². The van der Waals surface area contributed by atoms with Crippen LogP contribution in [-0.4, -0.2) is 34.0 Å². The summed E-state index contributed by atoms with van der Waals surface area (Å²) in [6, 6.07) is 7.40. The highest BCUT2D eigenvalue weighted by molar-refractivity contribution is 7.89. The molecule has 0 bridgehead atoms. The first-order chi connectivity index (χ1) is 13.0. The summed E-state index contributed by atoms with van der Waals surface area (Å²) in [5.41, 5.74) is 3.35. The van der Waals surface area contributed by atoms with E-state index in [2.05, 4.69) is 5.32 Å². The topological polar surface area (TPSA) is 125 Å². The number of amides is 1. The zero-order valence-electron chi connectivity index (χ0n) is 16.0. The smallest absolute Gasteiger partial charge is 0.342 e. The SMILES string of the molecule is COc1ccc(S(N)(=O)=O)cc1C(=O)OCC(=O)Nc1c(C)cc(C)cc1C. The summed E-state index contributed by atoms with van der Waals surface area (Å²) in [5.74, 6) is -1.33. The molecule has 1 amide bonds. The number of esters is 1. The van der Waals surface area contributed by atoms with E-state index in [1.54, 1.807) is 0 Å². The normalized spacial score (nSPS) is 11.0. The summed E-state index contributed by atoms with van der Waals surface area (Å²) in [7, 11) is -2.69. The highest BCUT2D eigenvalue weighted by Crippen LogP contribution is 2.24. The van der Waals surface area contributed by atoms with Crippen molar-refractivity contribution in [2.24, 2.45) is 5.14 Å². The van der Waals surface area contributed by atoms with E-state index < -0.39 is 28.5 Å². The Balaban J connectivity index is 2.13. The number of rotatable bonds is 6. The van der Waals surface area contributed by atoms with Gasteiger partial charge < -0.3 is 14.8 Å². The average Bonchev–Trinajstić information content (AvgIpc) is 2.61. The van der Waals surface area contributed by atoms with E-state index in [1.165, 1.54) is 19.2 Å². The molecule has 0 aliphatic carbocycles. The molecule has 8 nitrogen and oxygen atoms in total. The maximum absolute atomic E-state index is 12.3. The summed E-state index contributed by atoms with van der Waals surface area (Å²) in [6.45, 7) is 5.14. The molecule has 3 N–H and O–H groups in total. The Morgan fingerprint density at radius 2 is 1.68 bits per heavy atom. The standard InChI is InChI=1S/C19H22N2O6S/c1-11-7-12(2)18(13(3)8-11)21-17(22)10-27-19(23)15-9-14(28(20,24)25)5-6-16(15)26-4/h5-9H,10H2,1-4H3,(H,21,22)(H2,20,24,25). The number of hydrogen-bond donors (Lipinski definition) is 2. The molecule has 0 spiro atoms. The van der Waals surface area contributed by atoms with E-state index >= 15 is 0 Å². The second kappa shape index (κ2) is 8.41. The Hall–Kier alpha value is -2.91. The summed E-state index contributed by atoms with van der Waals surface area (Å²) < 4.78 is 33.0. The minimum atomic E-state index is -4.01. The Labute approximate surface area is 163 Å². The fraction of sp³-hybridized carbons (Fsp3) is 0.263. The second-order valence-corrected chi connectivity index (χ2v) is 7.87. The van der Waals surface area contributed by atoms with Crippen LogP contribution in [0.2, 0.25) is 0 Å².